The van der Waals surface area contributed by atoms with Crippen LogP contribution in [0.3, 0.4) is 0 Å². The molecule has 5 nitrogen and oxygen atoms in total. The molecule has 3 N–H and O–H groups in total. The summed E-state index contributed by atoms with van der Waals surface area (Å²) in [6.07, 6.45) is 3.15. The van der Waals surface area contributed by atoms with Crippen LogP contribution >= 0.6 is 0 Å². The van der Waals surface area contributed by atoms with Gasteiger partial charge in [-0.15, -0.1) is 0 Å². The molecule has 1 aliphatic heterocycles. The highest BCUT2D eigenvalue weighted by Crippen LogP contribution is 2.26. The Morgan fingerprint density at radius 1 is 1.33 bits per heavy atom. The SMILES string of the molecule is Cc1cccc(-c2c(O)nc(C3CCCCN3)[nH]c2=O)c1. The normalized spacial score (nSPS) is 18.6. The zero-order valence-corrected chi connectivity index (χ0v) is 12.0. The maximum Gasteiger partial charge on any atom is 0.262 e. The van der Waals surface area contributed by atoms with E-state index in [1.807, 2.05) is 25.1 Å². The van der Waals surface area contributed by atoms with Crippen molar-refractivity contribution in [2.45, 2.75) is 32.2 Å². The fourth-order valence-corrected chi connectivity index (χ4v) is 2.79. The lowest BCUT2D eigenvalue weighted by Gasteiger charge is -2.22. The van der Waals surface area contributed by atoms with Crippen molar-refractivity contribution in [3.63, 3.8) is 0 Å². The number of nitrogens with one attached hydrogen (secondary N) is 2. The van der Waals surface area contributed by atoms with Crippen molar-refractivity contribution in [1.82, 2.24) is 15.3 Å². The Hall–Kier alpha value is -2.14. The van der Waals surface area contributed by atoms with Crippen LogP contribution in [-0.2, 0) is 0 Å². The Kier molecular flexibility index (Phi) is 3.75. The molecule has 1 fully saturated rings. The molecule has 0 spiro atoms. The summed E-state index contributed by atoms with van der Waals surface area (Å²) in [6, 6.07) is 7.49. The Balaban J connectivity index is 2.02. The summed E-state index contributed by atoms with van der Waals surface area (Å²) < 4.78 is 0. The molecule has 1 saturated heterocycles. The minimum Gasteiger partial charge on any atom is -0.493 e. The summed E-state index contributed by atoms with van der Waals surface area (Å²) in [5.41, 5.74) is 1.66. The standard InChI is InChI=1S/C16H19N3O2/c1-10-5-4-6-11(9-10)13-15(20)18-14(19-16(13)21)12-7-2-3-8-17-12/h4-6,9,12,17H,2-3,7-8H2,1H3,(H2,18,19,20,21). The lowest BCUT2D eigenvalue weighted by molar-refractivity contribution is 0.385. The molecule has 110 valence electrons. The molecule has 2 heterocycles. The first-order chi connectivity index (χ1) is 10.1. The van der Waals surface area contributed by atoms with E-state index in [4.69, 9.17) is 0 Å². The third-order valence-electron chi connectivity index (χ3n) is 3.87. The van der Waals surface area contributed by atoms with E-state index in [0.29, 0.717) is 11.4 Å². The summed E-state index contributed by atoms with van der Waals surface area (Å²) in [4.78, 5) is 19.3. The van der Waals surface area contributed by atoms with Gasteiger partial charge in [-0.3, -0.25) is 4.79 Å². The van der Waals surface area contributed by atoms with E-state index < -0.39 is 0 Å². The van der Waals surface area contributed by atoms with E-state index in [2.05, 4.69) is 15.3 Å². The van der Waals surface area contributed by atoms with Crippen LogP contribution in [0, 0.1) is 6.92 Å². The van der Waals surface area contributed by atoms with E-state index in [1.54, 1.807) is 6.07 Å². The molecule has 1 atom stereocenters. The number of nitrogens with zero attached hydrogens (tertiary/aromatic N) is 1. The van der Waals surface area contributed by atoms with Crippen LogP contribution in [0.4, 0.5) is 0 Å². The number of piperidine rings is 1. The van der Waals surface area contributed by atoms with Crippen molar-refractivity contribution in [3.8, 4) is 17.0 Å². The first-order valence-corrected chi connectivity index (χ1v) is 7.29. The van der Waals surface area contributed by atoms with Crippen LogP contribution in [-0.4, -0.2) is 21.6 Å². The number of aromatic nitrogens is 2. The Bertz CT molecular complexity index is 703. The van der Waals surface area contributed by atoms with E-state index in [1.165, 1.54) is 0 Å². The van der Waals surface area contributed by atoms with E-state index in [0.717, 1.165) is 31.4 Å². The Labute approximate surface area is 123 Å². The summed E-state index contributed by atoms with van der Waals surface area (Å²) in [6.45, 7) is 2.86. The summed E-state index contributed by atoms with van der Waals surface area (Å²) in [5.74, 6) is 0.320. The summed E-state index contributed by atoms with van der Waals surface area (Å²) in [7, 11) is 0. The molecule has 0 bridgehead atoms. The first-order valence-electron chi connectivity index (χ1n) is 7.29. The minimum atomic E-state index is -0.296. The van der Waals surface area contributed by atoms with E-state index in [-0.39, 0.29) is 23.0 Å². The van der Waals surface area contributed by atoms with Crippen LogP contribution in [0.15, 0.2) is 29.1 Å². The molecule has 1 unspecified atom stereocenters. The van der Waals surface area contributed by atoms with Crippen LogP contribution in [0.1, 0.15) is 36.7 Å². The Morgan fingerprint density at radius 3 is 2.86 bits per heavy atom. The molecule has 0 saturated carbocycles. The predicted octanol–water partition coefficient (Wildman–Crippen LogP) is 2.27. The van der Waals surface area contributed by atoms with E-state index in [9.17, 15) is 9.90 Å². The molecule has 3 rings (SSSR count). The predicted molar refractivity (Wildman–Crippen MR) is 81.3 cm³/mol. The molecule has 1 aliphatic rings. The molecule has 1 aromatic carbocycles. The number of hydrogen-bond donors (Lipinski definition) is 3. The Morgan fingerprint density at radius 2 is 2.19 bits per heavy atom. The van der Waals surface area contributed by atoms with Crippen molar-refractivity contribution in [2.24, 2.45) is 0 Å². The molecular formula is C16H19N3O2. The van der Waals surface area contributed by atoms with Crippen molar-refractivity contribution >= 4 is 0 Å². The molecule has 21 heavy (non-hydrogen) atoms. The van der Waals surface area contributed by atoms with Gasteiger partial charge in [0.25, 0.3) is 5.56 Å². The van der Waals surface area contributed by atoms with Gasteiger partial charge < -0.3 is 15.4 Å². The molecule has 1 aromatic heterocycles. The number of aryl methyl sites for hydroxylation is 1. The number of benzene rings is 1. The molecule has 5 heteroatoms. The van der Waals surface area contributed by atoms with Crippen LogP contribution in [0.25, 0.3) is 11.1 Å². The smallest absolute Gasteiger partial charge is 0.262 e. The minimum absolute atomic E-state index is 0.0175. The average molecular weight is 285 g/mol. The van der Waals surface area contributed by atoms with Gasteiger partial charge in [0.15, 0.2) is 0 Å². The highest BCUT2D eigenvalue weighted by molar-refractivity contribution is 5.67. The number of rotatable bonds is 2. The van der Waals surface area contributed by atoms with E-state index >= 15 is 0 Å². The topological polar surface area (TPSA) is 78.0 Å². The van der Waals surface area contributed by atoms with Gasteiger partial charge in [0.1, 0.15) is 11.4 Å². The van der Waals surface area contributed by atoms with Gasteiger partial charge in [0, 0.05) is 0 Å². The average Bonchev–Trinajstić information content (AvgIpc) is 2.47. The number of aromatic amines is 1. The molecule has 0 aliphatic carbocycles. The second-order valence-electron chi connectivity index (χ2n) is 5.52. The number of H-pyrrole nitrogens is 1. The maximum atomic E-state index is 12.3. The van der Waals surface area contributed by atoms with Crippen molar-refractivity contribution in [2.75, 3.05) is 6.54 Å². The van der Waals surface area contributed by atoms with Gasteiger partial charge >= 0.3 is 0 Å². The first kappa shape index (κ1) is 13.8. The highest BCUT2D eigenvalue weighted by Gasteiger charge is 2.20. The van der Waals surface area contributed by atoms with Gasteiger partial charge in [-0.25, -0.2) is 0 Å². The summed E-state index contributed by atoms with van der Waals surface area (Å²) in [5, 5.41) is 13.5. The molecule has 0 radical (unpaired) electrons. The molecule has 0 amide bonds. The summed E-state index contributed by atoms with van der Waals surface area (Å²) >= 11 is 0. The van der Waals surface area contributed by atoms with Crippen LogP contribution < -0.4 is 10.9 Å². The van der Waals surface area contributed by atoms with Crippen molar-refractivity contribution in [1.29, 1.82) is 0 Å². The van der Waals surface area contributed by atoms with Gasteiger partial charge in [-0.2, -0.15) is 4.98 Å². The molecule has 2 aromatic rings. The highest BCUT2D eigenvalue weighted by atomic mass is 16.3. The monoisotopic (exact) mass is 285 g/mol. The van der Waals surface area contributed by atoms with Crippen molar-refractivity contribution in [3.05, 3.63) is 46.0 Å². The molecular weight excluding hydrogens is 266 g/mol. The van der Waals surface area contributed by atoms with Crippen molar-refractivity contribution < 1.29 is 5.11 Å². The zero-order chi connectivity index (χ0) is 14.8. The van der Waals surface area contributed by atoms with Crippen LogP contribution in [0.5, 0.6) is 5.88 Å². The second kappa shape index (κ2) is 5.69. The lowest BCUT2D eigenvalue weighted by atomic mass is 10.0. The van der Waals surface area contributed by atoms with Gasteiger partial charge in [0.05, 0.1) is 6.04 Å². The second-order valence-corrected chi connectivity index (χ2v) is 5.52. The fourth-order valence-electron chi connectivity index (χ4n) is 2.79. The quantitative estimate of drug-likeness (QED) is 0.791. The number of aromatic hydroxyl groups is 1. The van der Waals surface area contributed by atoms with Gasteiger partial charge in [0.2, 0.25) is 5.88 Å². The third kappa shape index (κ3) is 2.83. The van der Waals surface area contributed by atoms with Gasteiger partial charge in [-0.1, -0.05) is 36.2 Å². The third-order valence-corrected chi connectivity index (χ3v) is 3.87. The van der Waals surface area contributed by atoms with Gasteiger partial charge in [-0.05, 0) is 31.9 Å². The fraction of sp³-hybridized carbons (Fsp3) is 0.375. The number of hydrogen-bond acceptors (Lipinski definition) is 4. The maximum absolute atomic E-state index is 12.3. The van der Waals surface area contributed by atoms with Crippen LogP contribution in [0.2, 0.25) is 0 Å². The lowest BCUT2D eigenvalue weighted by Crippen LogP contribution is -2.30. The largest absolute Gasteiger partial charge is 0.493 e. The zero-order valence-electron chi connectivity index (χ0n) is 12.0.